The maximum absolute atomic E-state index is 13.4. The first-order valence-corrected chi connectivity index (χ1v) is 8.18. The lowest BCUT2D eigenvalue weighted by Gasteiger charge is -2.18. The maximum atomic E-state index is 13.4. The fraction of sp³-hybridized carbons (Fsp3) is 0.300. The first kappa shape index (κ1) is 18.6. The molecule has 5 heteroatoms. The van der Waals surface area contributed by atoms with Gasteiger partial charge in [0.25, 0.3) is 5.91 Å². The summed E-state index contributed by atoms with van der Waals surface area (Å²) in [7, 11) is 0. The van der Waals surface area contributed by atoms with Crippen LogP contribution in [0.4, 0.5) is 4.39 Å². The summed E-state index contributed by atoms with van der Waals surface area (Å²) < 4.78 is 13.4. The Morgan fingerprint density at radius 3 is 2.36 bits per heavy atom. The summed E-state index contributed by atoms with van der Waals surface area (Å²) in [5.74, 6) is -0.911. The molecule has 0 saturated heterocycles. The highest BCUT2D eigenvalue weighted by Gasteiger charge is 2.14. The Hall–Kier alpha value is -2.69. The highest BCUT2D eigenvalue weighted by molar-refractivity contribution is 6.04. The molecular weight excluding hydrogens is 319 g/mol. The predicted octanol–water partition coefficient (Wildman–Crippen LogP) is 4.37. The van der Waals surface area contributed by atoms with Crippen LogP contribution in [0.2, 0.25) is 0 Å². The van der Waals surface area contributed by atoms with E-state index in [4.69, 9.17) is 0 Å². The number of hydrogen-bond donors (Lipinski definition) is 2. The number of hydrazone groups is 1. The van der Waals surface area contributed by atoms with Gasteiger partial charge in [-0.05, 0) is 47.7 Å². The zero-order valence-electron chi connectivity index (χ0n) is 14.9. The molecule has 1 amide bonds. The van der Waals surface area contributed by atoms with Crippen LogP contribution in [-0.2, 0) is 5.41 Å². The molecule has 0 aliphatic rings. The van der Waals surface area contributed by atoms with Gasteiger partial charge in [0.2, 0.25) is 0 Å². The van der Waals surface area contributed by atoms with Gasteiger partial charge in [0, 0.05) is 11.1 Å². The van der Waals surface area contributed by atoms with Crippen LogP contribution in [0.3, 0.4) is 0 Å². The number of phenols is 1. The minimum Gasteiger partial charge on any atom is -0.507 e. The van der Waals surface area contributed by atoms with E-state index >= 15 is 0 Å². The fourth-order valence-corrected chi connectivity index (χ4v) is 2.37. The zero-order valence-corrected chi connectivity index (χ0v) is 14.9. The third kappa shape index (κ3) is 4.66. The summed E-state index contributed by atoms with van der Waals surface area (Å²) in [6, 6.07) is 11.0. The number of benzene rings is 2. The van der Waals surface area contributed by atoms with Gasteiger partial charge in [-0.25, -0.2) is 9.82 Å². The van der Waals surface area contributed by atoms with Gasteiger partial charge < -0.3 is 5.11 Å². The third-order valence-corrected chi connectivity index (χ3v) is 3.91. The Balaban J connectivity index is 2.18. The van der Waals surface area contributed by atoms with Gasteiger partial charge in [-0.1, -0.05) is 39.8 Å². The predicted molar refractivity (Wildman–Crippen MR) is 97.5 cm³/mol. The topological polar surface area (TPSA) is 61.7 Å². The van der Waals surface area contributed by atoms with E-state index in [9.17, 15) is 14.3 Å². The van der Waals surface area contributed by atoms with Gasteiger partial charge in [0.1, 0.15) is 11.6 Å². The van der Waals surface area contributed by atoms with E-state index in [1.54, 1.807) is 12.1 Å². The molecule has 132 valence electrons. The van der Waals surface area contributed by atoms with Crippen molar-refractivity contribution in [2.75, 3.05) is 0 Å². The highest BCUT2D eigenvalue weighted by atomic mass is 19.1. The Labute approximate surface area is 147 Å². The molecule has 0 spiro atoms. The lowest BCUT2D eigenvalue weighted by molar-refractivity contribution is 0.0954. The van der Waals surface area contributed by atoms with Gasteiger partial charge in [0.05, 0.1) is 5.71 Å². The molecule has 2 rings (SSSR count). The fourth-order valence-electron chi connectivity index (χ4n) is 2.37. The summed E-state index contributed by atoms with van der Waals surface area (Å²) in [6.07, 6.45) is 0.431. The van der Waals surface area contributed by atoms with E-state index in [1.807, 2.05) is 19.1 Å². The normalized spacial score (nSPS) is 12.1. The second-order valence-corrected chi connectivity index (χ2v) is 6.84. The molecule has 2 aromatic carbocycles. The lowest BCUT2D eigenvalue weighted by atomic mass is 9.87. The van der Waals surface area contributed by atoms with Gasteiger partial charge in [-0.2, -0.15) is 5.10 Å². The average molecular weight is 342 g/mol. The number of amides is 1. The number of nitrogens with one attached hydrogen (secondary N) is 1. The van der Waals surface area contributed by atoms with Crippen molar-refractivity contribution in [1.29, 1.82) is 0 Å². The van der Waals surface area contributed by atoms with E-state index in [0.29, 0.717) is 17.7 Å². The van der Waals surface area contributed by atoms with Crippen molar-refractivity contribution in [3.8, 4) is 5.75 Å². The molecule has 0 bridgehead atoms. The van der Waals surface area contributed by atoms with Crippen molar-refractivity contribution in [3.05, 3.63) is 65.0 Å². The van der Waals surface area contributed by atoms with Crippen LogP contribution in [0, 0.1) is 5.82 Å². The van der Waals surface area contributed by atoms with Crippen LogP contribution < -0.4 is 5.43 Å². The molecule has 0 aliphatic carbocycles. The summed E-state index contributed by atoms with van der Waals surface area (Å²) in [4.78, 5) is 12.3. The molecular formula is C20H23FN2O2. The molecule has 0 fully saturated rings. The largest absolute Gasteiger partial charge is 0.507 e. The number of phenolic OH excluding ortho intramolecular Hbond substituents is 1. The number of carbonyl (C=O) groups is 1. The minimum atomic E-state index is -0.474. The van der Waals surface area contributed by atoms with Gasteiger partial charge in [0.15, 0.2) is 0 Å². The number of aromatic hydroxyl groups is 1. The minimum absolute atomic E-state index is 0.0114. The summed E-state index contributed by atoms with van der Waals surface area (Å²) >= 11 is 0. The molecule has 0 radical (unpaired) electrons. The molecule has 0 aliphatic heterocycles. The Morgan fingerprint density at radius 1 is 1.16 bits per heavy atom. The van der Waals surface area contributed by atoms with E-state index in [1.165, 1.54) is 18.2 Å². The van der Waals surface area contributed by atoms with E-state index < -0.39 is 5.82 Å². The number of halogens is 1. The van der Waals surface area contributed by atoms with Gasteiger partial charge >= 0.3 is 0 Å². The number of hydrogen-bond acceptors (Lipinski definition) is 3. The average Bonchev–Trinajstić information content (AvgIpc) is 2.57. The summed E-state index contributed by atoms with van der Waals surface area (Å²) in [6.45, 7) is 8.12. The van der Waals surface area contributed by atoms with Crippen LogP contribution in [0.15, 0.2) is 47.6 Å². The molecule has 0 unspecified atom stereocenters. The van der Waals surface area contributed by atoms with Crippen molar-refractivity contribution < 1.29 is 14.3 Å². The van der Waals surface area contributed by atoms with Gasteiger partial charge in [-0.15, -0.1) is 0 Å². The van der Waals surface area contributed by atoms with Crippen molar-refractivity contribution in [2.24, 2.45) is 5.10 Å². The molecule has 0 saturated carbocycles. The molecule has 4 nitrogen and oxygen atoms in total. The Kier molecular flexibility index (Phi) is 5.57. The molecule has 0 atom stereocenters. The highest BCUT2D eigenvalue weighted by Crippen LogP contribution is 2.22. The first-order chi connectivity index (χ1) is 11.7. The van der Waals surface area contributed by atoms with Crippen LogP contribution in [-0.4, -0.2) is 16.7 Å². The molecule has 0 heterocycles. The molecule has 0 aromatic heterocycles. The van der Waals surface area contributed by atoms with E-state index in [2.05, 4.69) is 31.3 Å². The number of rotatable bonds is 4. The lowest BCUT2D eigenvalue weighted by Crippen LogP contribution is -2.20. The van der Waals surface area contributed by atoms with Crippen LogP contribution in [0.5, 0.6) is 5.75 Å². The second kappa shape index (κ2) is 7.47. The SMILES string of the molecule is CC/C(=N\NC(=O)c1ccc(C(C)(C)C)cc1)c1cc(F)ccc1O. The van der Waals surface area contributed by atoms with Crippen LogP contribution >= 0.6 is 0 Å². The Morgan fingerprint density at radius 2 is 1.80 bits per heavy atom. The van der Waals surface area contributed by atoms with Gasteiger partial charge in [-0.3, -0.25) is 4.79 Å². The van der Waals surface area contributed by atoms with Crippen molar-refractivity contribution in [3.63, 3.8) is 0 Å². The second-order valence-electron chi connectivity index (χ2n) is 6.84. The number of nitrogens with zero attached hydrogens (tertiary/aromatic N) is 1. The Bertz CT molecular complexity index is 790. The molecule has 2 aromatic rings. The van der Waals surface area contributed by atoms with Crippen LogP contribution in [0.1, 0.15) is 55.6 Å². The standard InChI is InChI=1S/C20H23FN2O2/c1-5-17(16-12-15(21)10-11-18(16)24)22-23-19(25)13-6-8-14(9-7-13)20(2,3)4/h6-12,24H,5H2,1-4H3,(H,23,25)/b22-17+. The quantitative estimate of drug-likeness (QED) is 0.640. The van der Waals surface area contributed by atoms with Crippen molar-refractivity contribution >= 4 is 11.6 Å². The maximum Gasteiger partial charge on any atom is 0.271 e. The van der Waals surface area contributed by atoms with E-state index in [0.717, 1.165) is 5.56 Å². The molecule has 25 heavy (non-hydrogen) atoms. The smallest absolute Gasteiger partial charge is 0.271 e. The summed E-state index contributed by atoms with van der Waals surface area (Å²) in [5.41, 5.74) is 4.76. The zero-order chi connectivity index (χ0) is 18.6. The summed E-state index contributed by atoms with van der Waals surface area (Å²) in [5, 5.41) is 13.9. The third-order valence-electron chi connectivity index (χ3n) is 3.91. The van der Waals surface area contributed by atoms with Crippen LogP contribution in [0.25, 0.3) is 0 Å². The van der Waals surface area contributed by atoms with E-state index in [-0.39, 0.29) is 22.6 Å². The number of carbonyl (C=O) groups excluding carboxylic acids is 1. The van der Waals surface area contributed by atoms with Crippen molar-refractivity contribution in [1.82, 2.24) is 5.43 Å². The monoisotopic (exact) mass is 342 g/mol. The molecule has 2 N–H and O–H groups in total. The van der Waals surface area contributed by atoms with Crippen molar-refractivity contribution in [2.45, 2.75) is 39.5 Å². The first-order valence-electron chi connectivity index (χ1n) is 8.18.